The molecule has 1 aromatic heterocycles. The van der Waals surface area contributed by atoms with E-state index in [-0.39, 0.29) is 5.75 Å². The van der Waals surface area contributed by atoms with Gasteiger partial charge in [-0.3, -0.25) is 4.79 Å². The van der Waals surface area contributed by atoms with E-state index >= 15 is 0 Å². The van der Waals surface area contributed by atoms with Gasteiger partial charge in [0.05, 0.1) is 23.0 Å². The van der Waals surface area contributed by atoms with E-state index in [2.05, 4.69) is 24.2 Å². The zero-order valence-corrected chi connectivity index (χ0v) is 15.3. The molecule has 0 fully saturated rings. The number of phenols is 1. The van der Waals surface area contributed by atoms with E-state index in [1.165, 1.54) is 17.7 Å². The zero-order valence-electron chi connectivity index (χ0n) is 14.5. The van der Waals surface area contributed by atoms with Crippen LogP contribution in [0.4, 0.5) is 11.4 Å². The quantitative estimate of drug-likeness (QED) is 0.268. The van der Waals surface area contributed by atoms with Crippen LogP contribution in [0, 0.1) is 5.92 Å². The van der Waals surface area contributed by atoms with Gasteiger partial charge in [0.2, 0.25) is 0 Å². The predicted molar refractivity (Wildman–Crippen MR) is 103 cm³/mol. The van der Waals surface area contributed by atoms with E-state index in [1.807, 2.05) is 6.07 Å². The third-order valence-corrected chi connectivity index (χ3v) is 5.08. The lowest BCUT2D eigenvalue weighted by Gasteiger charge is -2.13. The van der Waals surface area contributed by atoms with Crippen molar-refractivity contribution >= 4 is 35.3 Å². The topological polar surface area (TPSA) is 81.9 Å². The minimum atomic E-state index is -0.403. The highest BCUT2D eigenvalue weighted by Gasteiger charge is 2.14. The van der Waals surface area contributed by atoms with Gasteiger partial charge in [-0.1, -0.05) is 20.3 Å². The number of aliphatic imine (C=N–C) groups is 1. The first-order chi connectivity index (χ1) is 12.0. The standard InChI is InChI=1S/C19H24N2O3S/c1-3-13(2)8-16(24)9-17-10-18(19(11-22)25-17)21-12-20-14-4-6-15(23)7-5-14/h4-7,10-13,16,23-24H,3,8-9H2,1-2H3,(H,20,21). The number of rotatable bonds is 9. The molecule has 0 aliphatic rings. The van der Waals surface area contributed by atoms with Crippen LogP contribution in [0.1, 0.15) is 41.2 Å². The summed E-state index contributed by atoms with van der Waals surface area (Å²) >= 11 is 1.37. The lowest BCUT2D eigenvalue weighted by molar-refractivity contribution is 0.112. The maximum Gasteiger partial charge on any atom is 0.162 e. The van der Waals surface area contributed by atoms with Gasteiger partial charge in [-0.25, -0.2) is 4.99 Å². The molecule has 6 heteroatoms. The number of nitrogens with zero attached hydrogens (tertiary/aromatic N) is 1. The van der Waals surface area contributed by atoms with Crippen molar-refractivity contribution in [1.82, 2.24) is 0 Å². The molecule has 0 bridgehead atoms. The van der Waals surface area contributed by atoms with E-state index in [0.29, 0.717) is 22.9 Å². The molecule has 3 N–H and O–H groups in total. The number of carbonyl (C=O) groups excluding carboxylic acids is 1. The fourth-order valence-electron chi connectivity index (χ4n) is 2.41. The van der Waals surface area contributed by atoms with Crippen LogP contribution in [0.3, 0.4) is 0 Å². The lowest BCUT2D eigenvalue weighted by Crippen LogP contribution is -2.13. The molecule has 0 aliphatic carbocycles. The molecular weight excluding hydrogens is 336 g/mol. The van der Waals surface area contributed by atoms with Crippen LogP contribution < -0.4 is 5.32 Å². The monoisotopic (exact) mass is 360 g/mol. The number of hydrogen-bond donors (Lipinski definition) is 3. The summed E-state index contributed by atoms with van der Waals surface area (Å²) < 4.78 is 0. The maximum absolute atomic E-state index is 11.2. The van der Waals surface area contributed by atoms with Crippen molar-refractivity contribution in [3.8, 4) is 5.75 Å². The third kappa shape index (κ3) is 5.99. The summed E-state index contributed by atoms with van der Waals surface area (Å²) in [5.41, 5.74) is 1.38. The third-order valence-electron chi connectivity index (χ3n) is 4.01. The van der Waals surface area contributed by atoms with Crippen molar-refractivity contribution in [3.05, 3.63) is 40.1 Å². The molecule has 2 unspecified atom stereocenters. The van der Waals surface area contributed by atoms with Crippen LogP contribution in [0.25, 0.3) is 0 Å². The lowest BCUT2D eigenvalue weighted by atomic mass is 9.99. The first kappa shape index (κ1) is 19.1. The van der Waals surface area contributed by atoms with Gasteiger partial charge in [-0.15, -0.1) is 11.3 Å². The molecule has 0 spiro atoms. The first-order valence-corrected chi connectivity index (χ1v) is 9.17. The molecule has 0 amide bonds. The van der Waals surface area contributed by atoms with Crippen LogP contribution >= 0.6 is 11.3 Å². The van der Waals surface area contributed by atoms with Gasteiger partial charge in [-0.05, 0) is 42.7 Å². The largest absolute Gasteiger partial charge is 0.508 e. The van der Waals surface area contributed by atoms with Crippen LogP contribution in [0.15, 0.2) is 35.3 Å². The molecule has 134 valence electrons. The Balaban J connectivity index is 2.00. The summed E-state index contributed by atoms with van der Waals surface area (Å²) in [6.45, 7) is 4.24. The highest BCUT2D eigenvalue weighted by Crippen LogP contribution is 2.29. The number of phenolic OH excluding ortho intramolecular Hbond substituents is 1. The number of aldehydes is 1. The van der Waals surface area contributed by atoms with E-state index in [9.17, 15) is 15.0 Å². The Kier molecular flexibility index (Phi) is 7.16. The van der Waals surface area contributed by atoms with E-state index in [1.54, 1.807) is 24.3 Å². The molecule has 1 aromatic carbocycles. The Bertz CT molecular complexity index is 710. The highest BCUT2D eigenvalue weighted by molar-refractivity contribution is 7.14. The second kappa shape index (κ2) is 9.34. The number of aliphatic hydroxyl groups excluding tert-OH is 1. The van der Waals surface area contributed by atoms with E-state index in [4.69, 9.17) is 0 Å². The van der Waals surface area contributed by atoms with Crippen molar-refractivity contribution in [2.75, 3.05) is 5.32 Å². The summed E-state index contributed by atoms with van der Waals surface area (Å²) in [5.74, 6) is 0.677. The molecule has 5 nitrogen and oxygen atoms in total. The number of aliphatic hydroxyl groups is 1. The number of nitrogens with one attached hydrogen (secondary N) is 1. The molecule has 2 rings (SSSR count). The Morgan fingerprint density at radius 2 is 2.04 bits per heavy atom. The Morgan fingerprint density at radius 1 is 1.32 bits per heavy atom. The molecule has 0 saturated carbocycles. The van der Waals surface area contributed by atoms with Gasteiger partial charge in [0.15, 0.2) is 6.29 Å². The summed E-state index contributed by atoms with van der Waals surface area (Å²) in [5, 5.41) is 22.4. The summed E-state index contributed by atoms with van der Waals surface area (Å²) in [4.78, 5) is 17.0. The van der Waals surface area contributed by atoms with Gasteiger partial charge in [0.25, 0.3) is 0 Å². The van der Waals surface area contributed by atoms with Crippen LogP contribution in [-0.2, 0) is 6.42 Å². The number of hydrogen-bond acceptors (Lipinski definition) is 5. The number of benzene rings is 1. The number of anilines is 1. The van der Waals surface area contributed by atoms with Crippen LogP contribution in [0.2, 0.25) is 0 Å². The van der Waals surface area contributed by atoms with Gasteiger partial charge < -0.3 is 15.5 Å². The number of aromatic hydroxyl groups is 1. The van der Waals surface area contributed by atoms with Crippen molar-refractivity contribution < 1.29 is 15.0 Å². The predicted octanol–water partition coefficient (Wildman–Crippen LogP) is 4.38. The molecule has 1 heterocycles. The maximum atomic E-state index is 11.2. The smallest absolute Gasteiger partial charge is 0.162 e. The van der Waals surface area contributed by atoms with Crippen molar-refractivity contribution in [2.24, 2.45) is 10.9 Å². The molecule has 0 aliphatic heterocycles. The van der Waals surface area contributed by atoms with Gasteiger partial charge in [0, 0.05) is 17.0 Å². The molecule has 2 aromatic rings. The Hall–Kier alpha value is -2.18. The Morgan fingerprint density at radius 3 is 2.68 bits per heavy atom. The van der Waals surface area contributed by atoms with Crippen molar-refractivity contribution in [3.63, 3.8) is 0 Å². The van der Waals surface area contributed by atoms with Crippen LogP contribution in [0.5, 0.6) is 5.75 Å². The normalized spacial score (nSPS) is 13.7. The van der Waals surface area contributed by atoms with Gasteiger partial charge in [-0.2, -0.15) is 0 Å². The van der Waals surface area contributed by atoms with Crippen LogP contribution in [-0.4, -0.2) is 28.9 Å². The van der Waals surface area contributed by atoms with Crippen molar-refractivity contribution in [2.45, 2.75) is 39.2 Å². The molecule has 0 saturated heterocycles. The second-order valence-corrected chi connectivity index (χ2v) is 7.30. The zero-order chi connectivity index (χ0) is 18.2. The number of thiophene rings is 1. The average molecular weight is 360 g/mol. The van der Waals surface area contributed by atoms with Gasteiger partial charge >= 0.3 is 0 Å². The molecular formula is C19H24N2O3S. The van der Waals surface area contributed by atoms with Gasteiger partial charge in [0.1, 0.15) is 5.75 Å². The van der Waals surface area contributed by atoms with Crippen molar-refractivity contribution in [1.29, 1.82) is 0 Å². The molecule has 2 atom stereocenters. The molecule has 0 radical (unpaired) electrons. The summed E-state index contributed by atoms with van der Waals surface area (Å²) in [6.07, 6.45) is 4.24. The first-order valence-electron chi connectivity index (χ1n) is 8.35. The second-order valence-electron chi connectivity index (χ2n) is 6.14. The Labute approximate surface area is 152 Å². The minimum absolute atomic E-state index is 0.198. The SMILES string of the molecule is CCC(C)CC(O)Cc1cc(/N=C\Nc2ccc(O)cc2)c(C=O)s1. The summed E-state index contributed by atoms with van der Waals surface area (Å²) in [6, 6.07) is 8.46. The van der Waals surface area contributed by atoms with E-state index in [0.717, 1.165) is 29.7 Å². The summed E-state index contributed by atoms with van der Waals surface area (Å²) in [7, 11) is 0. The average Bonchev–Trinajstić information content (AvgIpc) is 2.98. The molecule has 25 heavy (non-hydrogen) atoms. The highest BCUT2D eigenvalue weighted by atomic mass is 32.1. The fourth-order valence-corrected chi connectivity index (χ4v) is 3.41. The number of carbonyl (C=O) groups is 1. The minimum Gasteiger partial charge on any atom is -0.508 e. The van der Waals surface area contributed by atoms with E-state index < -0.39 is 6.10 Å². The fraction of sp³-hybridized carbons (Fsp3) is 0.368.